The van der Waals surface area contributed by atoms with Crippen molar-refractivity contribution in [3.63, 3.8) is 0 Å². The van der Waals surface area contributed by atoms with E-state index in [0.29, 0.717) is 12.8 Å². The molecule has 0 aromatic rings. The minimum Gasteiger partial charge on any atom is -0.394 e. The van der Waals surface area contributed by atoms with E-state index >= 15 is 0 Å². The molecule has 0 radical (unpaired) electrons. The van der Waals surface area contributed by atoms with Crippen LogP contribution in [0.5, 0.6) is 0 Å². The number of carbonyl (C=O) groups excluding carboxylic acids is 1. The van der Waals surface area contributed by atoms with E-state index in [4.69, 9.17) is 0 Å². The Bertz CT molecular complexity index is 807. The van der Waals surface area contributed by atoms with Gasteiger partial charge in [-0.05, 0) is 12.8 Å². The molecule has 0 saturated carbocycles. The van der Waals surface area contributed by atoms with Gasteiger partial charge in [-0.1, -0.05) is 309 Å². The molecule has 60 heavy (non-hydrogen) atoms. The number of hydrogen-bond donors (Lipinski definition) is 4. The van der Waals surface area contributed by atoms with Crippen LogP contribution >= 0.6 is 0 Å². The quantitative estimate of drug-likeness (QED) is 0.0459. The molecular weight excluding hydrogens is 739 g/mol. The largest absolute Gasteiger partial charge is 0.394 e. The molecule has 0 spiro atoms. The number of unbranched alkanes of at least 4 members (excludes halogenated alkanes) is 44. The normalized spacial score (nSPS) is 13.2. The van der Waals surface area contributed by atoms with Gasteiger partial charge in [0.2, 0.25) is 5.91 Å². The maximum atomic E-state index is 12.6. The zero-order valence-electron chi connectivity index (χ0n) is 41.1. The molecule has 360 valence electrons. The van der Waals surface area contributed by atoms with Crippen LogP contribution in [0.1, 0.15) is 322 Å². The van der Waals surface area contributed by atoms with Crippen molar-refractivity contribution in [3.8, 4) is 0 Å². The monoisotopic (exact) mass is 850 g/mol. The number of aliphatic hydroxyl groups excluding tert-OH is 3. The van der Waals surface area contributed by atoms with E-state index in [1.807, 2.05) is 0 Å². The van der Waals surface area contributed by atoms with Crippen molar-refractivity contribution in [2.24, 2.45) is 0 Å². The van der Waals surface area contributed by atoms with E-state index in [1.54, 1.807) is 0 Å². The third-order valence-electron chi connectivity index (χ3n) is 13.5. The highest BCUT2D eigenvalue weighted by Gasteiger charge is 2.23. The Hall–Kier alpha value is -0.650. The third kappa shape index (κ3) is 45.4. The first-order valence-electron chi connectivity index (χ1n) is 27.8. The van der Waals surface area contributed by atoms with Crippen molar-refractivity contribution in [2.75, 3.05) is 6.61 Å². The molecule has 0 aliphatic rings. The lowest BCUT2D eigenvalue weighted by atomic mass is 10.0. The second-order valence-electron chi connectivity index (χ2n) is 19.5. The molecular formula is C55H111NO4. The molecule has 0 bridgehead atoms. The molecule has 3 atom stereocenters. The molecule has 0 aromatic carbocycles. The van der Waals surface area contributed by atoms with E-state index in [0.717, 1.165) is 32.1 Å². The fourth-order valence-electron chi connectivity index (χ4n) is 9.14. The number of rotatable bonds is 52. The molecule has 0 rings (SSSR count). The average Bonchev–Trinajstić information content (AvgIpc) is 3.25. The summed E-state index contributed by atoms with van der Waals surface area (Å²) in [6.07, 6.45) is 61.5. The van der Waals surface area contributed by atoms with Gasteiger partial charge in [0, 0.05) is 0 Å². The summed E-state index contributed by atoms with van der Waals surface area (Å²) in [4.78, 5) is 12.6. The smallest absolute Gasteiger partial charge is 0.249 e. The summed E-state index contributed by atoms with van der Waals surface area (Å²) in [5, 5.41) is 33.5. The van der Waals surface area contributed by atoms with Gasteiger partial charge in [0.25, 0.3) is 0 Å². The Morgan fingerprint density at radius 3 is 0.750 bits per heavy atom. The van der Waals surface area contributed by atoms with Gasteiger partial charge >= 0.3 is 0 Å². The summed E-state index contributed by atoms with van der Waals surface area (Å²) < 4.78 is 0. The molecule has 3 unspecified atom stereocenters. The van der Waals surface area contributed by atoms with E-state index in [-0.39, 0.29) is 6.61 Å². The number of amides is 1. The van der Waals surface area contributed by atoms with Crippen LogP contribution in [-0.2, 0) is 4.79 Å². The van der Waals surface area contributed by atoms with Gasteiger partial charge in [-0.2, -0.15) is 0 Å². The van der Waals surface area contributed by atoms with Crippen molar-refractivity contribution in [2.45, 2.75) is 340 Å². The molecule has 0 heterocycles. The second kappa shape index (κ2) is 51.0. The maximum absolute atomic E-state index is 12.6. The summed E-state index contributed by atoms with van der Waals surface area (Å²) in [6, 6.07) is -0.707. The lowest BCUT2D eigenvalue weighted by Gasteiger charge is -2.23. The topological polar surface area (TPSA) is 89.8 Å². The molecule has 1 amide bonds. The zero-order chi connectivity index (χ0) is 43.7. The van der Waals surface area contributed by atoms with Gasteiger partial charge in [-0.3, -0.25) is 4.79 Å². The Kier molecular flexibility index (Phi) is 50.4. The van der Waals surface area contributed by atoms with Crippen molar-refractivity contribution >= 4 is 5.91 Å². The van der Waals surface area contributed by atoms with Gasteiger partial charge < -0.3 is 20.6 Å². The van der Waals surface area contributed by atoms with Crippen LogP contribution in [0.3, 0.4) is 0 Å². The predicted molar refractivity (Wildman–Crippen MR) is 264 cm³/mol. The van der Waals surface area contributed by atoms with E-state index in [9.17, 15) is 20.1 Å². The molecule has 0 aliphatic heterocycles. The number of hydrogen-bond acceptors (Lipinski definition) is 4. The SMILES string of the molecule is CCCCCCCCCCCCCCCCCCCCCCCCCCCCCCCC(O)C(=O)NC(CO)C(O)CCCCCCCCCCCCCCCCCCC. The lowest BCUT2D eigenvalue weighted by Crippen LogP contribution is -2.49. The Balaban J connectivity index is 3.47. The van der Waals surface area contributed by atoms with Crippen LogP contribution < -0.4 is 5.32 Å². The molecule has 0 fully saturated rings. The van der Waals surface area contributed by atoms with Crippen molar-refractivity contribution in [3.05, 3.63) is 0 Å². The van der Waals surface area contributed by atoms with Gasteiger partial charge in [0.05, 0.1) is 18.8 Å². The Morgan fingerprint density at radius 2 is 0.533 bits per heavy atom. The van der Waals surface area contributed by atoms with Crippen molar-refractivity contribution in [1.29, 1.82) is 0 Å². The number of aliphatic hydroxyl groups is 3. The highest BCUT2D eigenvalue weighted by molar-refractivity contribution is 5.80. The third-order valence-corrected chi connectivity index (χ3v) is 13.5. The van der Waals surface area contributed by atoms with Gasteiger partial charge in [0.15, 0.2) is 0 Å². The average molecular weight is 850 g/mol. The molecule has 0 saturated heterocycles. The Morgan fingerprint density at radius 1 is 0.333 bits per heavy atom. The van der Waals surface area contributed by atoms with Crippen LogP contribution in [-0.4, -0.2) is 46.1 Å². The summed E-state index contributed by atoms with van der Waals surface area (Å²) >= 11 is 0. The van der Waals surface area contributed by atoms with Crippen molar-refractivity contribution in [1.82, 2.24) is 5.32 Å². The first kappa shape index (κ1) is 59.4. The van der Waals surface area contributed by atoms with E-state index < -0.39 is 24.2 Å². The van der Waals surface area contributed by atoms with Gasteiger partial charge in [-0.25, -0.2) is 0 Å². The maximum Gasteiger partial charge on any atom is 0.249 e. The lowest BCUT2D eigenvalue weighted by molar-refractivity contribution is -0.131. The van der Waals surface area contributed by atoms with E-state index in [2.05, 4.69) is 19.2 Å². The minimum absolute atomic E-state index is 0.307. The van der Waals surface area contributed by atoms with Crippen LogP contribution in [0.4, 0.5) is 0 Å². The molecule has 0 aliphatic carbocycles. The van der Waals surface area contributed by atoms with Crippen LogP contribution in [0.25, 0.3) is 0 Å². The Labute approximate surface area is 377 Å². The molecule has 5 heteroatoms. The van der Waals surface area contributed by atoms with E-state index in [1.165, 1.54) is 263 Å². The summed E-state index contributed by atoms with van der Waals surface area (Å²) in [5.41, 5.74) is 0. The minimum atomic E-state index is -1.07. The fraction of sp³-hybridized carbons (Fsp3) is 0.982. The molecule has 0 aromatic heterocycles. The molecule has 4 N–H and O–H groups in total. The highest BCUT2D eigenvalue weighted by Crippen LogP contribution is 2.18. The summed E-state index contributed by atoms with van der Waals surface area (Å²) in [6.45, 7) is 4.27. The summed E-state index contributed by atoms with van der Waals surface area (Å²) in [7, 11) is 0. The number of carbonyl (C=O) groups is 1. The van der Waals surface area contributed by atoms with Gasteiger partial charge in [0.1, 0.15) is 6.10 Å². The predicted octanol–water partition coefficient (Wildman–Crippen LogP) is 16.9. The van der Waals surface area contributed by atoms with Crippen LogP contribution in [0, 0.1) is 0 Å². The van der Waals surface area contributed by atoms with Crippen LogP contribution in [0.15, 0.2) is 0 Å². The van der Waals surface area contributed by atoms with Gasteiger partial charge in [-0.15, -0.1) is 0 Å². The first-order chi connectivity index (χ1) is 29.6. The first-order valence-corrected chi connectivity index (χ1v) is 27.8. The van der Waals surface area contributed by atoms with Crippen LogP contribution in [0.2, 0.25) is 0 Å². The van der Waals surface area contributed by atoms with Crippen molar-refractivity contribution < 1.29 is 20.1 Å². The second-order valence-corrected chi connectivity index (χ2v) is 19.5. The molecule has 5 nitrogen and oxygen atoms in total. The highest BCUT2D eigenvalue weighted by atomic mass is 16.3. The number of nitrogens with one attached hydrogen (secondary N) is 1. The fourth-order valence-corrected chi connectivity index (χ4v) is 9.14. The zero-order valence-corrected chi connectivity index (χ0v) is 41.1. The summed E-state index contributed by atoms with van der Waals surface area (Å²) in [5.74, 6) is -0.462. The standard InChI is InChI=1S/C55H111NO4/c1-3-5-7-9-11-13-15-17-19-21-22-23-24-25-26-27-28-29-30-31-32-34-36-38-40-42-44-46-48-50-54(59)55(60)56-52(51-57)53(58)49-47-45-43-41-39-37-35-33-20-18-16-14-12-10-8-6-4-2/h52-54,57-59H,3-51H2,1-2H3,(H,56,60).